The van der Waals surface area contributed by atoms with Crippen LogP contribution >= 0.6 is 0 Å². The van der Waals surface area contributed by atoms with E-state index in [0.717, 1.165) is 5.69 Å². The van der Waals surface area contributed by atoms with Crippen molar-refractivity contribution < 1.29 is 13.9 Å². The normalized spacial score (nSPS) is 17.8. The van der Waals surface area contributed by atoms with Gasteiger partial charge in [-0.25, -0.2) is 4.39 Å². The van der Waals surface area contributed by atoms with Gasteiger partial charge in [0.15, 0.2) is 5.66 Å². The van der Waals surface area contributed by atoms with Gasteiger partial charge in [-0.3, -0.25) is 4.79 Å². The molecule has 2 aliphatic heterocycles. The molecule has 1 aromatic rings. The standard InChI is InChI=1S/C18H21FN4O2/c1-2-3-5-18(21-22-18)6-4-17(24)20-15-11-14(19)12-16(13-15)23-7-9-25-10-8-23/h1,11-13H,3-10H2,(H,20,24). The van der Waals surface area contributed by atoms with Crippen LogP contribution in [-0.2, 0) is 9.53 Å². The molecule has 2 aliphatic rings. The Balaban J connectivity index is 1.56. The number of amides is 1. The summed E-state index contributed by atoms with van der Waals surface area (Å²) in [6.45, 7) is 2.64. The molecule has 0 atom stereocenters. The van der Waals surface area contributed by atoms with Crippen molar-refractivity contribution in [2.75, 3.05) is 36.5 Å². The molecule has 1 saturated heterocycles. The highest BCUT2D eigenvalue weighted by molar-refractivity contribution is 5.91. The Kier molecular flexibility index (Phi) is 5.29. The SMILES string of the molecule is C#CCCC1(CCC(=O)Nc2cc(F)cc(N3CCOCC3)c2)N=N1. The van der Waals surface area contributed by atoms with Crippen LogP contribution < -0.4 is 10.2 Å². The Morgan fingerprint density at radius 2 is 2.08 bits per heavy atom. The minimum Gasteiger partial charge on any atom is -0.378 e. The van der Waals surface area contributed by atoms with Gasteiger partial charge in [0.25, 0.3) is 0 Å². The van der Waals surface area contributed by atoms with E-state index in [1.54, 1.807) is 6.07 Å². The molecule has 132 valence electrons. The van der Waals surface area contributed by atoms with Crippen molar-refractivity contribution in [1.29, 1.82) is 0 Å². The van der Waals surface area contributed by atoms with Crippen LogP contribution in [0.2, 0.25) is 0 Å². The molecular formula is C18H21FN4O2. The maximum Gasteiger partial charge on any atom is 0.224 e. The maximum absolute atomic E-state index is 13.9. The summed E-state index contributed by atoms with van der Waals surface area (Å²) < 4.78 is 19.2. The second-order valence-electron chi connectivity index (χ2n) is 6.23. The largest absolute Gasteiger partial charge is 0.378 e. The van der Waals surface area contributed by atoms with Crippen LogP contribution in [-0.4, -0.2) is 37.9 Å². The summed E-state index contributed by atoms with van der Waals surface area (Å²) in [4.78, 5) is 14.2. The molecule has 0 aromatic heterocycles. The van der Waals surface area contributed by atoms with Crippen LogP contribution in [0.25, 0.3) is 0 Å². The van der Waals surface area contributed by atoms with Gasteiger partial charge < -0.3 is 15.0 Å². The number of nitrogens with one attached hydrogen (secondary N) is 1. The van der Waals surface area contributed by atoms with Gasteiger partial charge in [0, 0.05) is 50.1 Å². The number of carbonyl (C=O) groups excluding carboxylic acids is 1. The van der Waals surface area contributed by atoms with Gasteiger partial charge in [-0.2, -0.15) is 10.2 Å². The van der Waals surface area contributed by atoms with Gasteiger partial charge in [-0.15, -0.1) is 12.3 Å². The lowest BCUT2D eigenvalue weighted by atomic mass is 10.0. The minimum atomic E-state index is -0.482. The van der Waals surface area contributed by atoms with Crippen LogP contribution in [0.1, 0.15) is 25.7 Å². The van der Waals surface area contributed by atoms with E-state index < -0.39 is 5.66 Å². The highest BCUT2D eigenvalue weighted by Crippen LogP contribution is 2.37. The number of terminal acetylenes is 1. The molecule has 0 bridgehead atoms. The second-order valence-corrected chi connectivity index (χ2v) is 6.23. The molecule has 7 heteroatoms. The van der Waals surface area contributed by atoms with Crippen molar-refractivity contribution >= 4 is 17.3 Å². The first-order valence-electron chi connectivity index (χ1n) is 8.41. The van der Waals surface area contributed by atoms with Crippen LogP contribution in [0.3, 0.4) is 0 Å². The number of hydrogen-bond acceptors (Lipinski definition) is 5. The average Bonchev–Trinajstić information content (AvgIpc) is 3.39. The third kappa shape index (κ3) is 4.77. The van der Waals surface area contributed by atoms with Crippen molar-refractivity contribution in [3.63, 3.8) is 0 Å². The van der Waals surface area contributed by atoms with E-state index in [9.17, 15) is 9.18 Å². The van der Waals surface area contributed by atoms with Gasteiger partial charge in [0.1, 0.15) is 5.82 Å². The third-order valence-corrected chi connectivity index (χ3v) is 4.35. The minimum absolute atomic E-state index is 0.184. The summed E-state index contributed by atoms with van der Waals surface area (Å²) in [7, 11) is 0. The monoisotopic (exact) mass is 344 g/mol. The van der Waals surface area contributed by atoms with E-state index in [-0.39, 0.29) is 18.1 Å². The first kappa shape index (κ1) is 17.4. The van der Waals surface area contributed by atoms with Gasteiger partial charge in [0.05, 0.1) is 13.2 Å². The Hall–Kier alpha value is -2.46. The number of benzene rings is 1. The number of rotatable bonds is 7. The van der Waals surface area contributed by atoms with Crippen LogP contribution in [0.15, 0.2) is 28.4 Å². The molecule has 1 aromatic carbocycles. The average molecular weight is 344 g/mol. The van der Waals surface area contributed by atoms with Gasteiger partial charge in [0.2, 0.25) is 5.91 Å². The number of morpholine rings is 1. The molecule has 25 heavy (non-hydrogen) atoms. The molecule has 1 amide bonds. The second kappa shape index (κ2) is 7.62. The molecular weight excluding hydrogens is 323 g/mol. The van der Waals surface area contributed by atoms with Crippen LogP contribution in [0.5, 0.6) is 0 Å². The number of hydrogen-bond donors (Lipinski definition) is 1. The Bertz CT molecular complexity index is 702. The molecule has 3 rings (SSSR count). The lowest BCUT2D eigenvalue weighted by Crippen LogP contribution is -2.36. The van der Waals surface area contributed by atoms with E-state index >= 15 is 0 Å². The Labute approximate surface area is 146 Å². The summed E-state index contributed by atoms with van der Waals surface area (Å²) in [6.07, 6.45) is 7.29. The molecule has 1 N–H and O–H groups in total. The van der Waals surface area contributed by atoms with Crippen molar-refractivity contribution in [2.45, 2.75) is 31.3 Å². The van der Waals surface area contributed by atoms with E-state index in [1.807, 2.05) is 4.90 Å². The number of anilines is 2. The van der Waals surface area contributed by atoms with E-state index in [4.69, 9.17) is 11.2 Å². The number of halogens is 1. The van der Waals surface area contributed by atoms with E-state index in [1.165, 1.54) is 12.1 Å². The Morgan fingerprint density at radius 1 is 1.32 bits per heavy atom. The zero-order valence-corrected chi connectivity index (χ0v) is 14.0. The zero-order valence-electron chi connectivity index (χ0n) is 14.0. The van der Waals surface area contributed by atoms with E-state index in [2.05, 4.69) is 21.5 Å². The lowest BCUT2D eigenvalue weighted by molar-refractivity contribution is -0.116. The first-order chi connectivity index (χ1) is 12.1. The zero-order chi connectivity index (χ0) is 17.7. The quantitative estimate of drug-likeness (QED) is 0.774. The van der Waals surface area contributed by atoms with Crippen LogP contribution in [0.4, 0.5) is 15.8 Å². The predicted molar refractivity (Wildman–Crippen MR) is 92.9 cm³/mol. The summed E-state index contributed by atoms with van der Waals surface area (Å²) in [6, 6.07) is 4.58. The van der Waals surface area contributed by atoms with Crippen molar-refractivity contribution in [3.05, 3.63) is 24.0 Å². The molecule has 0 radical (unpaired) electrons. The molecule has 0 aliphatic carbocycles. The molecule has 0 spiro atoms. The molecule has 1 fully saturated rings. The highest BCUT2D eigenvalue weighted by Gasteiger charge is 2.39. The third-order valence-electron chi connectivity index (χ3n) is 4.35. The maximum atomic E-state index is 13.9. The highest BCUT2D eigenvalue weighted by atomic mass is 19.1. The number of ether oxygens (including phenoxy) is 1. The molecule has 2 heterocycles. The van der Waals surface area contributed by atoms with Gasteiger partial charge in [-0.1, -0.05) is 0 Å². The fourth-order valence-electron chi connectivity index (χ4n) is 2.86. The van der Waals surface area contributed by atoms with Crippen molar-refractivity contribution in [2.24, 2.45) is 10.2 Å². The van der Waals surface area contributed by atoms with E-state index in [0.29, 0.717) is 51.3 Å². The summed E-state index contributed by atoms with van der Waals surface area (Å²) in [5, 5.41) is 10.8. The summed E-state index contributed by atoms with van der Waals surface area (Å²) in [5.74, 6) is 2.00. The van der Waals surface area contributed by atoms with Crippen molar-refractivity contribution in [1.82, 2.24) is 0 Å². The number of carbonyl (C=O) groups is 1. The fourth-order valence-corrected chi connectivity index (χ4v) is 2.86. The van der Waals surface area contributed by atoms with Crippen LogP contribution in [0, 0.1) is 18.2 Å². The lowest BCUT2D eigenvalue weighted by Gasteiger charge is -2.29. The first-order valence-corrected chi connectivity index (χ1v) is 8.41. The molecule has 6 nitrogen and oxygen atoms in total. The molecule has 0 unspecified atom stereocenters. The van der Waals surface area contributed by atoms with Crippen molar-refractivity contribution in [3.8, 4) is 12.3 Å². The summed E-state index contributed by atoms with van der Waals surface area (Å²) >= 11 is 0. The molecule has 0 saturated carbocycles. The Morgan fingerprint density at radius 3 is 2.76 bits per heavy atom. The predicted octanol–water partition coefficient (Wildman–Crippen LogP) is 2.96. The van der Waals surface area contributed by atoms with Gasteiger partial charge >= 0.3 is 0 Å². The van der Waals surface area contributed by atoms with Gasteiger partial charge in [-0.05, 0) is 18.2 Å². The smallest absolute Gasteiger partial charge is 0.224 e. The topological polar surface area (TPSA) is 66.3 Å². The number of nitrogens with zero attached hydrogens (tertiary/aromatic N) is 3. The fraction of sp³-hybridized carbons (Fsp3) is 0.500. The summed E-state index contributed by atoms with van der Waals surface area (Å²) in [5.41, 5.74) is 0.718.